The number of hydrogen-bond acceptors (Lipinski definition) is 3. The van der Waals surface area contributed by atoms with Crippen molar-refractivity contribution in [2.45, 2.75) is 58.2 Å². The van der Waals surface area contributed by atoms with Gasteiger partial charge in [0.2, 0.25) is 15.9 Å². The summed E-state index contributed by atoms with van der Waals surface area (Å²) < 4.78 is 27.8. The molecule has 1 saturated heterocycles. The molecular formula is C19H30N2O3S. The highest BCUT2D eigenvalue weighted by atomic mass is 32.2. The van der Waals surface area contributed by atoms with Gasteiger partial charge in [0.15, 0.2) is 0 Å². The van der Waals surface area contributed by atoms with Gasteiger partial charge in [0.05, 0.1) is 5.75 Å². The number of amides is 1. The fourth-order valence-corrected chi connectivity index (χ4v) is 4.64. The van der Waals surface area contributed by atoms with Crippen molar-refractivity contribution in [1.29, 1.82) is 0 Å². The summed E-state index contributed by atoms with van der Waals surface area (Å²) in [6.45, 7) is 7.60. The van der Waals surface area contributed by atoms with E-state index in [0.29, 0.717) is 31.7 Å². The minimum atomic E-state index is -3.41. The fraction of sp³-hybridized carbons (Fsp3) is 0.632. The van der Waals surface area contributed by atoms with E-state index in [0.717, 1.165) is 24.1 Å². The van der Waals surface area contributed by atoms with E-state index in [-0.39, 0.29) is 17.7 Å². The molecule has 1 unspecified atom stereocenters. The molecule has 1 N–H and O–H groups in total. The van der Waals surface area contributed by atoms with Crippen molar-refractivity contribution in [1.82, 2.24) is 9.62 Å². The van der Waals surface area contributed by atoms with Crippen LogP contribution in [-0.2, 0) is 20.6 Å². The number of benzene rings is 1. The largest absolute Gasteiger partial charge is 0.343 e. The van der Waals surface area contributed by atoms with Crippen LogP contribution in [0.25, 0.3) is 0 Å². The minimum absolute atomic E-state index is 0.0127. The molecule has 0 aliphatic carbocycles. The maximum absolute atomic E-state index is 12.5. The zero-order chi connectivity index (χ0) is 18.4. The summed E-state index contributed by atoms with van der Waals surface area (Å²) in [6, 6.07) is 7.36. The first-order valence-electron chi connectivity index (χ1n) is 9.09. The van der Waals surface area contributed by atoms with Crippen LogP contribution in [0.5, 0.6) is 0 Å². The summed E-state index contributed by atoms with van der Waals surface area (Å²) >= 11 is 0. The number of sulfonamides is 1. The van der Waals surface area contributed by atoms with Crippen molar-refractivity contribution in [3.63, 3.8) is 0 Å². The predicted molar refractivity (Wildman–Crippen MR) is 101 cm³/mol. The van der Waals surface area contributed by atoms with E-state index in [2.05, 4.69) is 18.6 Å². The van der Waals surface area contributed by atoms with E-state index >= 15 is 0 Å². The van der Waals surface area contributed by atoms with Gasteiger partial charge in [-0.15, -0.1) is 0 Å². The highest BCUT2D eigenvalue weighted by Crippen LogP contribution is 2.17. The van der Waals surface area contributed by atoms with E-state index in [1.165, 1.54) is 0 Å². The molecule has 1 aliphatic heterocycles. The molecule has 1 heterocycles. The molecule has 2 rings (SSSR count). The molecule has 25 heavy (non-hydrogen) atoms. The van der Waals surface area contributed by atoms with Crippen molar-refractivity contribution in [2.24, 2.45) is 5.92 Å². The molecule has 140 valence electrons. The number of rotatable bonds is 7. The molecule has 0 bridgehead atoms. The SMILES string of the molecule is Cc1ccccc1CS(=O)(=O)NC1CCC(=O)N(CCC(C)C)CC1. The number of likely N-dealkylation sites (tertiary alicyclic amines) is 1. The van der Waals surface area contributed by atoms with Crippen LogP contribution >= 0.6 is 0 Å². The maximum Gasteiger partial charge on any atom is 0.222 e. The van der Waals surface area contributed by atoms with Gasteiger partial charge in [0.1, 0.15) is 0 Å². The van der Waals surface area contributed by atoms with Gasteiger partial charge in [-0.25, -0.2) is 13.1 Å². The number of nitrogens with zero attached hydrogens (tertiary/aromatic N) is 1. The molecule has 1 fully saturated rings. The molecule has 6 heteroatoms. The Morgan fingerprint density at radius 3 is 2.64 bits per heavy atom. The van der Waals surface area contributed by atoms with Gasteiger partial charge in [-0.2, -0.15) is 0 Å². The molecule has 0 radical (unpaired) electrons. The Morgan fingerprint density at radius 2 is 1.96 bits per heavy atom. The molecule has 0 saturated carbocycles. The third-order valence-electron chi connectivity index (χ3n) is 4.74. The Kier molecular flexibility index (Phi) is 7.02. The Balaban J connectivity index is 1.94. The van der Waals surface area contributed by atoms with Crippen molar-refractivity contribution >= 4 is 15.9 Å². The van der Waals surface area contributed by atoms with Crippen LogP contribution in [0, 0.1) is 12.8 Å². The summed E-state index contributed by atoms with van der Waals surface area (Å²) in [5.74, 6) is 0.682. The Hall–Kier alpha value is -1.40. The number of carbonyl (C=O) groups excluding carboxylic acids is 1. The summed E-state index contributed by atoms with van der Waals surface area (Å²) in [6.07, 6.45) is 2.64. The lowest BCUT2D eigenvalue weighted by atomic mass is 10.1. The van der Waals surface area contributed by atoms with Crippen LogP contribution in [0.3, 0.4) is 0 Å². The molecule has 1 aliphatic rings. The van der Waals surface area contributed by atoms with Crippen LogP contribution in [0.2, 0.25) is 0 Å². The standard InChI is InChI=1S/C19H30N2O3S/c1-15(2)10-12-21-13-11-18(8-9-19(21)22)20-25(23,24)14-17-7-5-4-6-16(17)3/h4-7,15,18,20H,8-14H2,1-3H3. The van der Waals surface area contributed by atoms with Crippen LogP contribution < -0.4 is 4.72 Å². The smallest absolute Gasteiger partial charge is 0.222 e. The topological polar surface area (TPSA) is 66.5 Å². The second-order valence-corrected chi connectivity index (χ2v) is 9.14. The number of carbonyl (C=O) groups is 1. The maximum atomic E-state index is 12.5. The molecule has 0 spiro atoms. The van der Waals surface area contributed by atoms with Gasteiger partial charge in [-0.3, -0.25) is 4.79 Å². The number of hydrogen-bond donors (Lipinski definition) is 1. The normalized spacial score (nSPS) is 19.3. The zero-order valence-corrected chi connectivity index (χ0v) is 16.3. The molecule has 1 amide bonds. The van der Waals surface area contributed by atoms with Crippen LogP contribution in [-0.4, -0.2) is 38.4 Å². The van der Waals surface area contributed by atoms with E-state index < -0.39 is 10.0 Å². The lowest BCUT2D eigenvalue weighted by Crippen LogP contribution is -2.37. The number of aryl methyl sites for hydroxylation is 1. The fourth-order valence-electron chi connectivity index (χ4n) is 3.08. The molecular weight excluding hydrogens is 336 g/mol. The van der Waals surface area contributed by atoms with Gasteiger partial charge < -0.3 is 4.90 Å². The van der Waals surface area contributed by atoms with Gasteiger partial charge in [-0.05, 0) is 43.2 Å². The van der Waals surface area contributed by atoms with Crippen LogP contribution in [0.1, 0.15) is 50.7 Å². The molecule has 5 nitrogen and oxygen atoms in total. The van der Waals surface area contributed by atoms with Gasteiger partial charge in [-0.1, -0.05) is 38.1 Å². The zero-order valence-electron chi connectivity index (χ0n) is 15.5. The average molecular weight is 367 g/mol. The van der Waals surface area contributed by atoms with Crippen LogP contribution in [0.4, 0.5) is 0 Å². The van der Waals surface area contributed by atoms with E-state index in [9.17, 15) is 13.2 Å². The quantitative estimate of drug-likeness (QED) is 0.807. The highest BCUT2D eigenvalue weighted by Gasteiger charge is 2.25. The number of nitrogens with one attached hydrogen (secondary N) is 1. The van der Waals surface area contributed by atoms with Crippen molar-refractivity contribution in [2.75, 3.05) is 13.1 Å². The minimum Gasteiger partial charge on any atom is -0.343 e. The van der Waals surface area contributed by atoms with Gasteiger partial charge in [0.25, 0.3) is 0 Å². The van der Waals surface area contributed by atoms with E-state index in [1.807, 2.05) is 36.1 Å². The molecule has 0 aromatic heterocycles. The second kappa shape index (κ2) is 8.81. The third kappa shape index (κ3) is 6.44. The molecule has 1 aromatic rings. The summed E-state index contributed by atoms with van der Waals surface area (Å²) in [5, 5.41) is 0. The molecule has 1 atom stereocenters. The second-order valence-electron chi connectivity index (χ2n) is 7.39. The molecule has 1 aromatic carbocycles. The average Bonchev–Trinajstić information content (AvgIpc) is 2.69. The Morgan fingerprint density at radius 1 is 1.24 bits per heavy atom. The third-order valence-corrected chi connectivity index (χ3v) is 6.12. The predicted octanol–water partition coefficient (Wildman–Crippen LogP) is 2.84. The summed E-state index contributed by atoms with van der Waals surface area (Å²) in [7, 11) is -3.41. The first-order valence-corrected chi connectivity index (χ1v) is 10.7. The lowest BCUT2D eigenvalue weighted by molar-refractivity contribution is -0.130. The summed E-state index contributed by atoms with van der Waals surface area (Å²) in [5.41, 5.74) is 1.79. The van der Waals surface area contributed by atoms with Crippen molar-refractivity contribution < 1.29 is 13.2 Å². The van der Waals surface area contributed by atoms with Gasteiger partial charge in [0, 0.05) is 25.6 Å². The van der Waals surface area contributed by atoms with E-state index in [4.69, 9.17) is 0 Å². The van der Waals surface area contributed by atoms with Crippen molar-refractivity contribution in [3.8, 4) is 0 Å². The highest BCUT2D eigenvalue weighted by molar-refractivity contribution is 7.88. The first-order chi connectivity index (χ1) is 11.8. The van der Waals surface area contributed by atoms with Crippen LogP contribution in [0.15, 0.2) is 24.3 Å². The Labute approximate surface area is 151 Å². The first kappa shape index (κ1) is 19.9. The van der Waals surface area contributed by atoms with Crippen molar-refractivity contribution in [3.05, 3.63) is 35.4 Å². The monoisotopic (exact) mass is 366 g/mol. The van der Waals surface area contributed by atoms with Gasteiger partial charge >= 0.3 is 0 Å². The summed E-state index contributed by atoms with van der Waals surface area (Å²) in [4.78, 5) is 14.1. The Bertz CT molecular complexity index is 686. The lowest BCUT2D eigenvalue weighted by Gasteiger charge is -2.22. The van der Waals surface area contributed by atoms with E-state index in [1.54, 1.807) is 0 Å².